The monoisotopic (exact) mass is 281 g/mol. The van der Waals surface area contributed by atoms with Crippen LogP contribution in [-0.2, 0) is 0 Å². The van der Waals surface area contributed by atoms with E-state index in [2.05, 4.69) is 26.0 Å². The molecule has 0 fully saturated rings. The predicted molar refractivity (Wildman–Crippen MR) is 64.3 cm³/mol. The van der Waals surface area contributed by atoms with E-state index in [-0.39, 0.29) is 0 Å². The Morgan fingerprint density at radius 2 is 2.25 bits per heavy atom. The number of halogens is 1. The first-order valence-electron chi connectivity index (χ1n) is 5.05. The third kappa shape index (κ3) is 2.31. The first-order valence-corrected chi connectivity index (χ1v) is 5.84. The van der Waals surface area contributed by atoms with Gasteiger partial charge >= 0.3 is 0 Å². The van der Waals surface area contributed by atoms with E-state index in [1.807, 2.05) is 25.3 Å². The van der Waals surface area contributed by atoms with Gasteiger partial charge in [0, 0.05) is 6.20 Å². The maximum Gasteiger partial charge on any atom is 0.0957 e. The number of nitrogens with zero attached hydrogens (tertiary/aromatic N) is 3. The lowest BCUT2D eigenvalue weighted by Gasteiger charge is -2.07. The fourth-order valence-electron chi connectivity index (χ4n) is 1.38. The van der Waals surface area contributed by atoms with E-state index in [9.17, 15) is 5.11 Å². The van der Waals surface area contributed by atoms with Gasteiger partial charge in [-0.15, -0.1) is 0 Å². The molecule has 2 aromatic rings. The SMILES string of the molecule is CCC(O)c1ccc(-n2cc(Br)cn2)cn1. The molecular weight excluding hydrogens is 270 g/mol. The summed E-state index contributed by atoms with van der Waals surface area (Å²) in [6, 6.07) is 3.71. The minimum atomic E-state index is -0.488. The lowest BCUT2D eigenvalue weighted by atomic mass is 10.2. The van der Waals surface area contributed by atoms with Gasteiger partial charge in [0.05, 0.1) is 34.4 Å². The van der Waals surface area contributed by atoms with Crippen molar-refractivity contribution in [3.05, 3.63) is 40.9 Å². The highest BCUT2D eigenvalue weighted by molar-refractivity contribution is 9.10. The molecule has 0 aromatic carbocycles. The summed E-state index contributed by atoms with van der Waals surface area (Å²) in [6.45, 7) is 1.92. The molecule has 2 heterocycles. The Kier molecular flexibility index (Phi) is 3.36. The van der Waals surface area contributed by atoms with Crippen LogP contribution in [0.2, 0.25) is 0 Å². The minimum absolute atomic E-state index is 0.488. The van der Waals surface area contributed by atoms with Crippen molar-refractivity contribution in [2.75, 3.05) is 0 Å². The van der Waals surface area contributed by atoms with Gasteiger partial charge in [0.2, 0.25) is 0 Å². The summed E-state index contributed by atoms with van der Waals surface area (Å²) < 4.78 is 2.64. The zero-order valence-electron chi connectivity index (χ0n) is 8.84. The highest BCUT2D eigenvalue weighted by atomic mass is 79.9. The molecule has 2 aromatic heterocycles. The van der Waals surface area contributed by atoms with Crippen molar-refractivity contribution in [2.45, 2.75) is 19.4 Å². The molecule has 0 saturated carbocycles. The third-order valence-electron chi connectivity index (χ3n) is 2.31. The van der Waals surface area contributed by atoms with Crippen LogP contribution >= 0.6 is 15.9 Å². The Balaban J connectivity index is 2.25. The highest BCUT2D eigenvalue weighted by Crippen LogP contribution is 2.16. The second-order valence-electron chi connectivity index (χ2n) is 3.47. The molecule has 0 aliphatic rings. The molecule has 1 N–H and O–H groups in total. The molecule has 2 rings (SSSR count). The van der Waals surface area contributed by atoms with Crippen molar-refractivity contribution in [1.29, 1.82) is 0 Å². The normalized spacial score (nSPS) is 12.7. The number of aromatic nitrogens is 3. The van der Waals surface area contributed by atoms with Crippen molar-refractivity contribution in [3.8, 4) is 5.69 Å². The summed E-state index contributed by atoms with van der Waals surface area (Å²) in [7, 11) is 0. The fourth-order valence-corrected chi connectivity index (χ4v) is 1.67. The van der Waals surface area contributed by atoms with Gasteiger partial charge in [-0.3, -0.25) is 4.98 Å². The number of pyridine rings is 1. The van der Waals surface area contributed by atoms with Crippen LogP contribution < -0.4 is 0 Å². The Morgan fingerprint density at radius 1 is 1.44 bits per heavy atom. The Hall–Kier alpha value is -1.20. The van der Waals surface area contributed by atoms with E-state index in [1.165, 1.54) is 0 Å². The maximum absolute atomic E-state index is 9.60. The maximum atomic E-state index is 9.60. The first kappa shape index (κ1) is 11.3. The van der Waals surface area contributed by atoms with Gasteiger partial charge in [-0.1, -0.05) is 6.92 Å². The van der Waals surface area contributed by atoms with Gasteiger partial charge in [-0.05, 0) is 34.5 Å². The van der Waals surface area contributed by atoms with Crippen LogP contribution in [0.1, 0.15) is 25.1 Å². The van der Waals surface area contributed by atoms with E-state index in [4.69, 9.17) is 0 Å². The lowest BCUT2D eigenvalue weighted by molar-refractivity contribution is 0.169. The Morgan fingerprint density at radius 3 is 2.75 bits per heavy atom. The van der Waals surface area contributed by atoms with E-state index in [0.29, 0.717) is 12.1 Å². The smallest absolute Gasteiger partial charge is 0.0957 e. The molecule has 1 atom stereocenters. The lowest BCUT2D eigenvalue weighted by Crippen LogP contribution is -2.01. The van der Waals surface area contributed by atoms with Crippen LogP contribution in [0.15, 0.2) is 35.2 Å². The zero-order valence-corrected chi connectivity index (χ0v) is 10.4. The van der Waals surface area contributed by atoms with Crippen LogP contribution in [0, 0.1) is 0 Å². The Bertz CT molecular complexity index is 466. The largest absolute Gasteiger partial charge is 0.387 e. The van der Waals surface area contributed by atoms with Gasteiger partial charge in [0.1, 0.15) is 0 Å². The second-order valence-corrected chi connectivity index (χ2v) is 4.38. The van der Waals surface area contributed by atoms with Crippen molar-refractivity contribution in [3.63, 3.8) is 0 Å². The quantitative estimate of drug-likeness (QED) is 0.940. The molecular formula is C11H12BrN3O. The molecule has 0 saturated heterocycles. The van der Waals surface area contributed by atoms with Gasteiger partial charge < -0.3 is 5.11 Å². The summed E-state index contributed by atoms with van der Waals surface area (Å²) >= 11 is 3.33. The van der Waals surface area contributed by atoms with Crippen LogP contribution in [0.25, 0.3) is 5.69 Å². The topological polar surface area (TPSA) is 50.9 Å². The van der Waals surface area contributed by atoms with Crippen LogP contribution in [0.3, 0.4) is 0 Å². The highest BCUT2D eigenvalue weighted by Gasteiger charge is 2.06. The molecule has 84 valence electrons. The molecule has 0 bridgehead atoms. The van der Waals surface area contributed by atoms with Crippen molar-refractivity contribution in [2.24, 2.45) is 0 Å². The molecule has 0 spiro atoms. The molecule has 16 heavy (non-hydrogen) atoms. The summed E-state index contributed by atoms with van der Waals surface area (Å²) in [6.07, 6.45) is 5.45. The van der Waals surface area contributed by atoms with Crippen molar-refractivity contribution in [1.82, 2.24) is 14.8 Å². The van der Waals surface area contributed by atoms with Crippen molar-refractivity contribution < 1.29 is 5.11 Å². The van der Waals surface area contributed by atoms with Gasteiger partial charge in [-0.2, -0.15) is 5.10 Å². The number of aliphatic hydroxyl groups is 1. The number of rotatable bonds is 3. The van der Waals surface area contributed by atoms with Gasteiger partial charge in [0.25, 0.3) is 0 Å². The second kappa shape index (κ2) is 4.76. The number of hydrogen-bond donors (Lipinski definition) is 1. The average molecular weight is 282 g/mol. The molecule has 0 aliphatic heterocycles. The van der Waals surface area contributed by atoms with Crippen LogP contribution in [0.5, 0.6) is 0 Å². The summed E-state index contributed by atoms with van der Waals surface area (Å²) in [4.78, 5) is 4.21. The van der Waals surface area contributed by atoms with E-state index < -0.39 is 6.10 Å². The standard InChI is InChI=1S/C11H12BrN3O/c1-2-11(16)10-4-3-9(6-13-10)15-7-8(12)5-14-15/h3-7,11,16H,2H2,1H3. The molecule has 4 nitrogen and oxygen atoms in total. The third-order valence-corrected chi connectivity index (χ3v) is 2.72. The van der Waals surface area contributed by atoms with Gasteiger partial charge in [-0.25, -0.2) is 4.68 Å². The summed E-state index contributed by atoms with van der Waals surface area (Å²) in [5, 5.41) is 13.8. The van der Waals surface area contributed by atoms with E-state index in [1.54, 1.807) is 17.1 Å². The molecule has 0 amide bonds. The summed E-state index contributed by atoms with van der Waals surface area (Å²) in [5.41, 5.74) is 1.57. The van der Waals surface area contributed by atoms with Crippen LogP contribution in [0.4, 0.5) is 0 Å². The molecule has 5 heteroatoms. The average Bonchev–Trinajstić information content (AvgIpc) is 2.75. The van der Waals surface area contributed by atoms with Crippen LogP contribution in [-0.4, -0.2) is 19.9 Å². The predicted octanol–water partition coefficient (Wildman–Crippen LogP) is 2.47. The molecule has 0 radical (unpaired) electrons. The van der Waals surface area contributed by atoms with E-state index >= 15 is 0 Å². The number of aliphatic hydroxyl groups excluding tert-OH is 1. The fraction of sp³-hybridized carbons (Fsp3) is 0.273. The van der Waals surface area contributed by atoms with Gasteiger partial charge in [0.15, 0.2) is 0 Å². The molecule has 0 aliphatic carbocycles. The van der Waals surface area contributed by atoms with Crippen molar-refractivity contribution >= 4 is 15.9 Å². The zero-order chi connectivity index (χ0) is 11.5. The first-order chi connectivity index (χ1) is 7.70. The summed E-state index contributed by atoms with van der Waals surface area (Å²) in [5.74, 6) is 0. The Labute approximate surface area is 102 Å². The van der Waals surface area contributed by atoms with E-state index in [0.717, 1.165) is 10.2 Å². The number of hydrogen-bond acceptors (Lipinski definition) is 3. The minimum Gasteiger partial charge on any atom is -0.387 e. The molecule has 1 unspecified atom stereocenters.